The van der Waals surface area contributed by atoms with E-state index in [0.717, 1.165) is 11.3 Å². The van der Waals surface area contributed by atoms with E-state index in [4.69, 9.17) is 4.74 Å². The summed E-state index contributed by atoms with van der Waals surface area (Å²) in [6.45, 7) is 0.269. The van der Waals surface area contributed by atoms with Crippen LogP contribution in [0.5, 0.6) is 5.75 Å². The van der Waals surface area contributed by atoms with Crippen LogP contribution < -0.4 is 4.74 Å². The third-order valence-corrected chi connectivity index (χ3v) is 2.90. The molecule has 0 spiro atoms. The molecular weight excluding hydrogens is 285 g/mol. The molecule has 17 heavy (non-hydrogen) atoms. The lowest BCUT2D eigenvalue weighted by Crippen LogP contribution is -1.99. The summed E-state index contributed by atoms with van der Waals surface area (Å²) in [4.78, 5) is 4.10. The van der Waals surface area contributed by atoms with Gasteiger partial charge in [0.15, 0.2) is 11.6 Å². The van der Waals surface area contributed by atoms with Crippen molar-refractivity contribution in [2.24, 2.45) is 0 Å². The molecule has 0 aliphatic carbocycles. The lowest BCUT2D eigenvalue weighted by atomic mass is 10.2. The van der Waals surface area contributed by atoms with Gasteiger partial charge < -0.3 is 4.74 Å². The molecule has 2 rings (SSSR count). The molecule has 2 nitrogen and oxygen atoms in total. The quantitative estimate of drug-likeness (QED) is 0.803. The number of alkyl halides is 1. The number of ether oxygens (including phenoxy) is 1. The van der Waals surface area contributed by atoms with Crippen molar-refractivity contribution in [1.29, 1.82) is 0 Å². The minimum atomic E-state index is -0.349. The van der Waals surface area contributed by atoms with Gasteiger partial charge in [-0.1, -0.05) is 28.1 Å². The zero-order chi connectivity index (χ0) is 12.1. The zero-order valence-electron chi connectivity index (χ0n) is 9.07. The van der Waals surface area contributed by atoms with E-state index in [1.165, 1.54) is 6.07 Å². The molecule has 0 saturated carbocycles. The summed E-state index contributed by atoms with van der Waals surface area (Å²) in [6, 6.07) is 10.5. The average Bonchev–Trinajstić information content (AvgIpc) is 2.38. The highest BCUT2D eigenvalue weighted by Crippen LogP contribution is 2.20. The SMILES string of the molecule is Fc1cc(CBr)ccc1OCc1ccccn1. The van der Waals surface area contributed by atoms with Crippen molar-refractivity contribution in [1.82, 2.24) is 4.98 Å². The fourth-order valence-electron chi connectivity index (χ4n) is 1.38. The zero-order valence-corrected chi connectivity index (χ0v) is 10.7. The average molecular weight is 296 g/mol. The molecule has 0 aliphatic rings. The van der Waals surface area contributed by atoms with E-state index >= 15 is 0 Å². The van der Waals surface area contributed by atoms with E-state index in [1.54, 1.807) is 12.3 Å². The molecular formula is C13H11BrFNO. The van der Waals surface area contributed by atoms with E-state index < -0.39 is 0 Å². The maximum atomic E-state index is 13.6. The summed E-state index contributed by atoms with van der Waals surface area (Å²) in [5, 5.41) is 0.629. The molecule has 0 unspecified atom stereocenters. The Morgan fingerprint density at radius 2 is 2.12 bits per heavy atom. The van der Waals surface area contributed by atoms with Crippen LogP contribution in [0.2, 0.25) is 0 Å². The van der Waals surface area contributed by atoms with Crippen molar-refractivity contribution < 1.29 is 9.13 Å². The van der Waals surface area contributed by atoms with Gasteiger partial charge in [-0.15, -0.1) is 0 Å². The second-order valence-electron chi connectivity index (χ2n) is 3.51. The smallest absolute Gasteiger partial charge is 0.165 e. The summed E-state index contributed by atoms with van der Waals surface area (Å²) < 4.78 is 18.9. The van der Waals surface area contributed by atoms with Crippen LogP contribution in [0.25, 0.3) is 0 Å². The Balaban J connectivity index is 2.04. The Hall–Kier alpha value is -1.42. The summed E-state index contributed by atoms with van der Waals surface area (Å²) in [7, 11) is 0. The topological polar surface area (TPSA) is 22.1 Å². The highest BCUT2D eigenvalue weighted by molar-refractivity contribution is 9.08. The molecule has 0 fully saturated rings. The van der Waals surface area contributed by atoms with Gasteiger partial charge in [-0.3, -0.25) is 4.98 Å². The second-order valence-corrected chi connectivity index (χ2v) is 4.07. The standard InChI is InChI=1S/C13H11BrFNO/c14-8-10-4-5-13(12(15)7-10)17-9-11-3-1-2-6-16-11/h1-7H,8-9H2. The number of benzene rings is 1. The molecule has 0 atom stereocenters. The highest BCUT2D eigenvalue weighted by Gasteiger charge is 2.04. The molecule has 0 amide bonds. The first-order valence-electron chi connectivity index (χ1n) is 5.16. The number of pyridine rings is 1. The number of aromatic nitrogens is 1. The van der Waals surface area contributed by atoms with Gasteiger partial charge in [0.1, 0.15) is 6.61 Å². The van der Waals surface area contributed by atoms with Crippen LogP contribution in [-0.4, -0.2) is 4.98 Å². The van der Waals surface area contributed by atoms with E-state index in [1.807, 2.05) is 24.3 Å². The molecule has 0 radical (unpaired) electrons. The molecule has 4 heteroatoms. The largest absolute Gasteiger partial charge is 0.484 e. The number of hydrogen-bond donors (Lipinski definition) is 0. The van der Waals surface area contributed by atoms with Crippen molar-refractivity contribution in [2.45, 2.75) is 11.9 Å². The van der Waals surface area contributed by atoms with E-state index in [2.05, 4.69) is 20.9 Å². The fourth-order valence-corrected chi connectivity index (χ4v) is 1.73. The van der Waals surface area contributed by atoms with Gasteiger partial charge in [0, 0.05) is 11.5 Å². The maximum absolute atomic E-state index is 13.6. The van der Waals surface area contributed by atoms with Crippen LogP contribution in [0.15, 0.2) is 42.6 Å². The van der Waals surface area contributed by atoms with Gasteiger partial charge in [-0.2, -0.15) is 0 Å². The van der Waals surface area contributed by atoms with Crippen LogP contribution >= 0.6 is 15.9 Å². The van der Waals surface area contributed by atoms with E-state index in [9.17, 15) is 4.39 Å². The van der Waals surface area contributed by atoms with Crippen LogP contribution in [0, 0.1) is 5.82 Å². The Morgan fingerprint density at radius 1 is 1.24 bits per heavy atom. The Labute approximate surface area is 108 Å². The Morgan fingerprint density at radius 3 is 2.76 bits per heavy atom. The lowest BCUT2D eigenvalue weighted by molar-refractivity contribution is 0.286. The Bertz CT molecular complexity index is 490. The lowest BCUT2D eigenvalue weighted by Gasteiger charge is -2.07. The molecule has 0 aliphatic heterocycles. The molecule has 88 valence electrons. The van der Waals surface area contributed by atoms with Crippen LogP contribution in [0.4, 0.5) is 4.39 Å². The number of hydrogen-bond acceptors (Lipinski definition) is 2. The molecule has 0 N–H and O–H groups in total. The number of halogens is 2. The van der Waals surface area contributed by atoms with Gasteiger partial charge in [0.25, 0.3) is 0 Å². The summed E-state index contributed by atoms with van der Waals surface area (Å²) in [5.74, 6) is -0.0989. The van der Waals surface area contributed by atoms with E-state index in [-0.39, 0.29) is 18.2 Å². The van der Waals surface area contributed by atoms with Gasteiger partial charge in [0.2, 0.25) is 0 Å². The summed E-state index contributed by atoms with van der Waals surface area (Å²) >= 11 is 3.27. The highest BCUT2D eigenvalue weighted by atomic mass is 79.9. The van der Waals surface area contributed by atoms with Crippen molar-refractivity contribution >= 4 is 15.9 Å². The molecule has 0 bridgehead atoms. The predicted octanol–water partition coefficient (Wildman–Crippen LogP) is 3.69. The first kappa shape index (κ1) is 12.0. The third kappa shape index (κ3) is 3.27. The summed E-state index contributed by atoms with van der Waals surface area (Å²) in [6.07, 6.45) is 1.68. The van der Waals surface area contributed by atoms with Crippen molar-refractivity contribution in [3.05, 3.63) is 59.7 Å². The van der Waals surface area contributed by atoms with Gasteiger partial charge in [0.05, 0.1) is 5.69 Å². The summed E-state index contributed by atoms with van der Waals surface area (Å²) in [5.41, 5.74) is 1.66. The predicted molar refractivity (Wildman–Crippen MR) is 67.6 cm³/mol. The maximum Gasteiger partial charge on any atom is 0.165 e. The normalized spacial score (nSPS) is 10.2. The Kier molecular flexibility index (Phi) is 4.09. The van der Waals surface area contributed by atoms with Crippen LogP contribution in [0.3, 0.4) is 0 Å². The number of rotatable bonds is 4. The van der Waals surface area contributed by atoms with E-state index in [0.29, 0.717) is 5.33 Å². The fraction of sp³-hybridized carbons (Fsp3) is 0.154. The van der Waals surface area contributed by atoms with Crippen molar-refractivity contribution in [2.75, 3.05) is 0 Å². The molecule has 2 aromatic rings. The molecule has 1 aromatic carbocycles. The van der Waals surface area contributed by atoms with Gasteiger partial charge >= 0.3 is 0 Å². The van der Waals surface area contributed by atoms with Crippen molar-refractivity contribution in [3.8, 4) is 5.75 Å². The molecule has 1 aromatic heterocycles. The first-order valence-corrected chi connectivity index (χ1v) is 6.29. The monoisotopic (exact) mass is 295 g/mol. The minimum absolute atomic E-state index is 0.250. The van der Waals surface area contributed by atoms with Gasteiger partial charge in [-0.25, -0.2) is 4.39 Å². The van der Waals surface area contributed by atoms with Crippen molar-refractivity contribution in [3.63, 3.8) is 0 Å². The number of nitrogens with zero attached hydrogens (tertiary/aromatic N) is 1. The second kappa shape index (κ2) is 5.77. The van der Waals surface area contributed by atoms with Gasteiger partial charge in [-0.05, 0) is 29.8 Å². The minimum Gasteiger partial charge on any atom is -0.484 e. The van der Waals surface area contributed by atoms with Crippen LogP contribution in [-0.2, 0) is 11.9 Å². The first-order chi connectivity index (χ1) is 8.29. The van der Waals surface area contributed by atoms with Crippen LogP contribution in [0.1, 0.15) is 11.3 Å². The molecule has 0 saturated heterocycles. The third-order valence-electron chi connectivity index (χ3n) is 2.25. The molecule has 1 heterocycles.